The maximum atomic E-state index is 12.9. The number of nitrogens with zero attached hydrogens (tertiary/aromatic N) is 2. The summed E-state index contributed by atoms with van der Waals surface area (Å²) < 4.78 is 0. The van der Waals surface area contributed by atoms with E-state index in [1.165, 1.54) is 0 Å². The third-order valence-electron chi connectivity index (χ3n) is 4.13. The van der Waals surface area contributed by atoms with Crippen molar-refractivity contribution in [3.05, 3.63) is 59.7 Å². The summed E-state index contributed by atoms with van der Waals surface area (Å²) in [6, 6.07) is 14.3. The van der Waals surface area contributed by atoms with Crippen LogP contribution in [0.25, 0.3) is 0 Å². The van der Waals surface area contributed by atoms with E-state index in [9.17, 15) is 9.59 Å². The Morgan fingerprint density at radius 3 is 2.67 bits per heavy atom. The lowest BCUT2D eigenvalue weighted by Gasteiger charge is -2.21. The molecule has 1 aliphatic heterocycles. The van der Waals surface area contributed by atoms with Crippen LogP contribution in [0.5, 0.6) is 0 Å². The van der Waals surface area contributed by atoms with Crippen LogP contribution in [0, 0.1) is 0 Å². The van der Waals surface area contributed by atoms with Gasteiger partial charge in [-0.25, -0.2) is 4.79 Å². The normalized spacial score (nSPS) is 13.9. The van der Waals surface area contributed by atoms with E-state index in [2.05, 4.69) is 16.3 Å². The van der Waals surface area contributed by atoms with Crippen molar-refractivity contribution in [3.63, 3.8) is 0 Å². The number of anilines is 2. The number of carbonyl (C=O) groups excluding carboxylic acids is 2. The van der Waals surface area contributed by atoms with Crippen LogP contribution in [0.2, 0.25) is 0 Å². The van der Waals surface area contributed by atoms with Crippen molar-refractivity contribution in [2.45, 2.75) is 6.54 Å². The molecule has 0 saturated heterocycles. The molecular weight excluding hydrogens is 304 g/mol. The van der Waals surface area contributed by atoms with Gasteiger partial charge in [0.05, 0.1) is 0 Å². The predicted molar refractivity (Wildman–Crippen MR) is 94.1 cm³/mol. The van der Waals surface area contributed by atoms with Gasteiger partial charge in [0.25, 0.3) is 5.91 Å². The summed E-state index contributed by atoms with van der Waals surface area (Å²) in [5, 5.41) is 2.50. The highest BCUT2D eigenvalue weighted by atomic mass is 16.2. The van der Waals surface area contributed by atoms with Crippen LogP contribution in [0.3, 0.4) is 0 Å². The van der Waals surface area contributed by atoms with Gasteiger partial charge in [-0.15, -0.1) is 0 Å². The summed E-state index contributed by atoms with van der Waals surface area (Å²) in [5.41, 5.74) is 8.45. The Kier molecular flexibility index (Phi) is 4.37. The zero-order valence-electron chi connectivity index (χ0n) is 13.5. The fourth-order valence-electron chi connectivity index (χ4n) is 2.92. The van der Waals surface area contributed by atoms with Crippen molar-refractivity contribution in [3.8, 4) is 0 Å². The van der Waals surface area contributed by atoms with Crippen LogP contribution in [0.4, 0.5) is 16.2 Å². The smallest absolute Gasteiger partial charge is 0.316 e. The third-order valence-corrected chi connectivity index (χ3v) is 4.13. The number of nitrogens with two attached hydrogens (primary N) is 1. The van der Waals surface area contributed by atoms with Gasteiger partial charge in [0.1, 0.15) is 0 Å². The second-order valence-corrected chi connectivity index (χ2v) is 5.85. The molecule has 0 bridgehead atoms. The van der Waals surface area contributed by atoms with E-state index in [1.54, 1.807) is 24.3 Å². The Labute approximate surface area is 140 Å². The predicted octanol–water partition coefficient (Wildman–Crippen LogP) is 2.27. The van der Waals surface area contributed by atoms with Gasteiger partial charge in [-0.1, -0.05) is 24.3 Å². The monoisotopic (exact) mass is 324 g/mol. The fourth-order valence-corrected chi connectivity index (χ4v) is 2.92. The number of amides is 3. The Balaban J connectivity index is 1.84. The summed E-state index contributed by atoms with van der Waals surface area (Å²) in [4.78, 5) is 27.8. The molecule has 124 valence electrons. The average molecular weight is 324 g/mol. The molecule has 6 nitrogen and oxygen atoms in total. The Morgan fingerprint density at radius 1 is 1.08 bits per heavy atom. The maximum Gasteiger partial charge on any atom is 0.316 e. The van der Waals surface area contributed by atoms with Gasteiger partial charge in [0.15, 0.2) is 0 Å². The van der Waals surface area contributed by atoms with Gasteiger partial charge < -0.3 is 20.9 Å². The second kappa shape index (κ2) is 6.62. The Morgan fingerprint density at radius 2 is 1.88 bits per heavy atom. The lowest BCUT2D eigenvalue weighted by Crippen LogP contribution is -2.34. The summed E-state index contributed by atoms with van der Waals surface area (Å²) in [5.74, 6) is -0.0618. The molecule has 0 atom stereocenters. The van der Waals surface area contributed by atoms with E-state index >= 15 is 0 Å². The molecule has 0 saturated carbocycles. The highest BCUT2D eigenvalue weighted by molar-refractivity contribution is 5.96. The van der Waals surface area contributed by atoms with Gasteiger partial charge in [-0.05, 0) is 29.8 Å². The van der Waals surface area contributed by atoms with Crippen LogP contribution in [-0.4, -0.2) is 37.0 Å². The van der Waals surface area contributed by atoms with Gasteiger partial charge in [-0.2, -0.15) is 0 Å². The highest BCUT2D eigenvalue weighted by Crippen LogP contribution is 2.24. The highest BCUT2D eigenvalue weighted by Gasteiger charge is 2.22. The largest absolute Gasteiger partial charge is 0.373 e. The lowest BCUT2D eigenvalue weighted by atomic mass is 10.1. The van der Waals surface area contributed by atoms with Crippen molar-refractivity contribution in [1.29, 1.82) is 0 Å². The van der Waals surface area contributed by atoms with Crippen molar-refractivity contribution in [1.82, 2.24) is 4.90 Å². The number of nitrogens with one attached hydrogen (secondary N) is 1. The van der Waals surface area contributed by atoms with Crippen molar-refractivity contribution >= 4 is 23.3 Å². The van der Waals surface area contributed by atoms with Crippen LogP contribution < -0.4 is 16.0 Å². The summed E-state index contributed by atoms with van der Waals surface area (Å²) in [6.07, 6.45) is 0. The second-order valence-electron chi connectivity index (χ2n) is 5.85. The molecule has 0 aromatic heterocycles. The van der Waals surface area contributed by atoms with Crippen molar-refractivity contribution < 1.29 is 9.59 Å². The number of primary amides is 1. The van der Waals surface area contributed by atoms with E-state index in [0.29, 0.717) is 24.3 Å². The molecule has 0 aliphatic carbocycles. The van der Waals surface area contributed by atoms with Gasteiger partial charge in [0, 0.05) is 43.6 Å². The molecule has 2 aromatic rings. The summed E-state index contributed by atoms with van der Waals surface area (Å²) >= 11 is 0. The van der Waals surface area contributed by atoms with Gasteiger partial charge >= 0.3 is 6.03 Å². The maximum absolute atomic E-state index is 12.9. The van der Waals surface area contributed by atoms with Gasteiger partial charge in [0.2, 0.25) is 0 Å². The first-order valence-corrected chi connectivity index (χ1v) is 7.79. The van der Waals surface area contributed by atoms with E-state index in [4.69, 9.17) is 5.73 Å². The molecule has 1 aliphatic rings. The average Bonchev–Trinajstić information content (AvgIpc) is 2.73. The molecule has 3 amide bonds. The molecule has 3 rings (SSSR count). The number of likely N-dealkylation sites (N-methyl/N-ethyl adjacent to an activating group) is 1. The molecule has 0 spiro atoms. The first-order chi connectivity index (χ1) is 11.5. The number of urea groups is 1. The number of hydrogen-bond acceptors (Lipinski definition) is 3. The number of rotatable bonds is 2. The fraction of sp³-hybridized carbons (Fsp3) is 0.222. The first-order valence-electron chi connectivity index (χ1n) is 7.79. The summed E-state index contributed by atoms with van der Waals surface area (Å²) in [7, 11) is 2.03. The number of benzene rings is 2. The van der Waals surface area contributed by atoms with E-state index in [0.717, 1.165) is 17.8 Å². The number of carbonyl (C=O) groups is 2. The molecule has 0 fully saturated rings. The van der Waals surface area contributed by atoms with Crippen molar-refractivity contribution in [2.24, 2.45) is 5.73 Å². The molecule has 0 unspecified atom stereocenters. The molecule has 2 aromatic carbocycles. The molecule has 0 radical (unpaired) electrons. The minimum Gasteiger partial charge on any atom is -0.373 e. The molecule has 6 heteroatoms. The van der Waals surface area contributed by atoms with E-state index < -0.39 is 6.03 Å². The number of hydrogen-bond donors (Lipinski definition) is 2. The van der Waals surface area contributed by atoms with Crippen LogP contribution in [-0.2, 0) is 6.54 Å². The van der Waals surface area contributed by atoms with Crippen LogP contribution >= 0.6 is 0 Å². The van der Waals surface area contributed by atoms with Crippen LogP contribution in [0.1, 0.15) is 15.9 Å². The molecule has 1 heterocycles. The molecule has 3 N–H and O–H groups in total. The van der Waals surface area contributed by atoms with Crippen LogP contribution in [0.15, 0.2) is 48.5 Å². The zero-order valence-corrected chi connectivity index (χ0v) is 13.5. The molecule has 24 heavy (non-hydrogen) atoms. The van der Waals surface area contributed by atoms with Gasteiger partial charge in [-0.3, -0.25) is 4.79 Å². The minimum absolute atomic E-state index is 0.0618. The summed E-state index contributed by atoms with van der Waals surface area (Å²) in [6.45, 7) is 1.96. The molecular formula is C18H20N4O2. The first kappa shape index (κ1) is 15.9. The number of para-hydroxylation sites is 1. The standard InChI is InChI=1S/C18H20N4O2/c1-21-9-10-22(12-14-5-2-3-8-16(14)21)17(23)13-6-4-7-15(11-13)20-18(19)24/h2-8,11H,9-10,12H2,1H3,(H3,19,20,24). The third kappa shape index (κ3) is 3.32. The zero-order chi connectivity index (χ0) is 17.1. The topological polar surface area (TPSA) is 78.7 Å². The van der Waals surface area contributed by atoms with E-state index in [1.807, 2.05) is 30.1 Å². The quantitative estimate of drug-likeness (QED) is 0.889. The Bertz CT molecular complexity index is 775. The lowest BCUT2D eigenvalue weighted by molar-refractivity contribution is 0.0752. The van der Waals surface area contributed by atoms with Crippen molar-refractivity contribution in [2.75, 3.05) is 30.4 Å². The minimum atomic E-state index is -0.648. The number of fused-ring (bicyclic) bond motifs is 1. The Hall–Kier alpha value is -3.02. The SMILES string of the molecule is CN1CCN(C(=O)c2cccc(NC(N)=O)c2)Cc2ccccc21. The van der Waals surface area contributed by atoms with E-state index in [-0.39, 0.29) is 5.91 Å².